The third kappa shape index (κ3) is 6.21. The van der Waals surface area contributed by atoms with E-state index in [4.69, 9.17) is 22.1 Å². The van der Waals surface area contributed by atoms with Gasteiger partial charge < -0.3 is 15.2 Å². The van der Waals surface area contributed by atoms with Crippen LogP contribution in [0, 0.1) is 11.7 Å². The fourth-order valence-corrected chi connectivity index (χ4v) is 2.58. The lowest BCUT2D eigenvalue weighted by Gasteiger charge is -2.32. The molecule has 1 saturated heterocycles. The molecule has 12 heteroatoms. The Labute approximate surface area is 162 Å². The number of nitrogens with one attached hydrogen (secondary N) is 1. The second kappa shape index (κ2) is 9.39. The van der Waals surface area contributed by atoms with Gasteiger partial charge in [-0.3, -0.25) is 10.2 Å². The molecule has 0 bridgehead atoms. The van der Waals surface area contributed by atoms with Gasteiger partial charge in [0.2, 0.25) is 0 Å². The van der Waals surface area contributed by atoms with Gasteiger partial charge in [-0.2, -0.15) is 13.2 Å². The summed E-state index contributed by atoms with van der Waals surface area (Å²) < 4.78 is 60.1. The highest BCUT2D eigenvalue weighted by molar-refractivity contribution is 6.30. The Bertz CT molecular complexity index is 712. The number of carbonyl (C=O) groups excluding carboxylic acids is 2. The van der Waals surface area contributed by atoms with Crippen LogP contribution in [0.3, 0.4) is 0 Å². The number of halogens is 5. The lowest BCUT2D eigenvalue weighted by molar-refractivity contribution is -0.217. The second-order valence-corrected chi connectivity index (χ2v) is 6.48. The van der Waals surface area contributed by atoms with Crippen LogP contribution in [0.25, 0.3) is 0 Å². The number of nitrogens with two attached hydrogens (primary N) is 1. The van der Waals surface area contributed by atoms with Gasteiger partial charge in [0.05, 0.1) is 5.02 Å². The smallest absolute Gasteiger partial charge is 0.446 e. The molecule has 0 saturated carbocycles. The minimum Gasteiger partial charge on any atom is -0.446 e. The number of piperidine rings is 1. The average Bonchev–Trinajstić information content (AvgIpc) is 2.64. The van der Waals surface area contributed by atoms with Gasteiger partial charge in [0.25, 0.3) is 0 Å². The molecule has 0 aliphatic carbocycles. The largest absolute Gasteiger partial charge is 0.491 e. The normalized spacial score (nSPS) is 17.1. The number of hydrogen-bond acceptors (Lipinski definition) is 6. The highest BCUT2D eigenvalue weighted by atomic mass is 35.5. The van der Waals surface area contributed by atoms with E-state index in [1.54, 1.807) is 0 Å². The van der Waals surface area contributed by atoms with Crippen molar-refractivity contribution in [3.63, 3.8) is 0 Å². The molecule has 0 radical (unpaired) electrons. The van der Waals surface area contributed by atoms with E-state index in [1.165, 1.54) is 5.01 Å². The molecule has 1 aliphatic heterocycles. The van der Waals surface area contributed by atoms with Gasteiger partial charge in [-0.15, -0.1) is 0 Å². The predicted molar refractivity (Wildman–Crippen MR) is 89.5 cm³/mol. The zero-order chi connectivity index (χ0) is 20.9. The van der Waals surface area contributed by atoms with Crippen molar-refractivity contribution < 1.29 is 36.6 Å². The van der Waals surface area contributed by atoms with E-state index >= 15 is 0 Å². The molecule has 28 heavy (non-hydrogen) atoms. The van der Waals surface area contributed by atoms with E-state index in [1.807, 2.05) is 0 Å². The number of benzene rings is 1. The molecule has 0 spiro atoms. The van der Waals surface area contributed by atoms with Gasteiger partial charge in [-0.05, 0) is 37.4 Å². The molecule has 1 aromatic rings. The molecular weight excluding hydrogens is 410 g/mol. The number of esters is 1. The molecule has 0 aromatic heterocycles. The van der Waals surface area contributed by atoms with Gasteiger partial charge in [0.1, 0.15) is 11.6 Å². The molecule has 1 amide bonds. The number of hydrazine groups is 1. The van der Waals surface area contributed by atoms with E-state index in [9.17, 15) is 27.2 Å². The molecule has 1 heterocycles. The maximum Gasteiger partial charge on any atom is 0.491 e. The van der Waals surface area contributed by atoms with E-state index in [0.717, 1.165) is 18.2 Å². The summed E-state index contributed by atoms with van der Waals surface area (Å²) in [6.45, 7) is 1.30. The van der Waals surface area contributed by atoms with Crippen LogP contribution in [0.4, 0.5) is 17.6 Å². The topological polar surface area (TPSA) is 93.9 Å². The van der Waals surface area contributed by atoms with Crippen LogP contribution in [0.1, 0.15) is 12.8 Å². The first kappa shape index (κ1) is 22.2. The Kier molecular flexibility index (Phi) is 7.44. The zero-order valence-corrected chi connectivity index (χ0v) is 15.2. The van der Waals surface area contributed by atoms with Crippen LogP contribution in [0.15, 0.2) is 18.2 Å². The molecule has 1 atom stereocenters. The number of rotatable bonds is 6. The standard InChI is InChI=1S/C16H18ClF4N3O4/c17-11-2-1-10(7-12(11)18)27-14(28-15(26)16(19,20)21)13(25)23-24-5-3-9(8-22)4-6-24/h1-2,7,9,14H,3-6,8,22H2,(H,23,25). The summed E-state index contributed by atoms with van der Waals surface area (Å²) in [4.78, 5) is 23.4. The SMILES string of the molecule is NCC1CCN(NC(=O)C(OC(=O)C(F)(F)F)Oc2ccc(Cl)c(F)c2)CC1. The Morgan fingerprint density at radius 2 is 1.96 bits per heavy atom. The summed E-state index contributed by atoms with van der Waals surface area (Å²) in [6, 6.07) is 2.93. The van der Waals surface area contributed by atoms with Crippen LogP contribution in [-0.2, 0) is 14.3 Å². The molecule has 156 valence electrons. The first-order chi connectivity index (χ1) is 13.1. The van der Waals surface area contributed by atoms with Crippen molar-refractivity contribution in [2.45, 2.75) is 25.3 Å². The monoisotopic (exact) mass is 427 g/mol. The molecule has 1 aliphatic rings. The molecule has 1 aromatic carbocycles. The maximum absolute atomic E-state index is 13.5. The van der Waals surface area contributed by atoms with Crippen molar-refractivity contribution in [3.05, 3.63) is 29.0 Å². The number of carbonyl (C=O) groups is 2. The van der Waals surface area contributed by atoms with Gasteiger partial charge in [-0.1, -0.05) is 11.6 Å². The third-order valence-electron chi connectivity index (χ3n) is 4.01. The van der Waals surface area contributed by atoms with Crippen LogP contribution < -0.4 is 15.9 Å². The fourth-order valence-electron chi connectivity index (χ4n) is 2.46. The van der Waals surface area contributed by atoms with Gasteiger partial charge in [0.15, 0.2) is 0 Å². The van der Waals surface area contributed by atoms with Crippen molar-refractivity contribution in [1.82, 2.24) is 10.4 Å². The summed E-state index contributed by atoms with van der Waals surface area (Å²) in [5, 5.41) is 1.19. The highest BCUT2D eigenvalue weighted by Gasteiger charge is 2.44. The van der Waals surface area contributed by atoms with Crippen LogP contribution >= 0.6 is 11.6 Å². The Hall–Kier alpha value is -2.11. The lowest BCUT2D eigenvalue weighted by Crippen LogP contribution is -2.53. The number of alkyl halides is 3. The molecule has 2 rings (SSSR count). The maximum atomic E-state index is 13.5. The van der Waals surface area contributed by atoms with E-state index in [-0.39, 0.29) is 16.7 Å². The van der Waals surface area contributed by atoms with Crippen molar-refractivity contribution in [3.8, 4) is 5.75 Å². The van der Waals surface area contributed by atoms with Gasteiger partial charge >= 0.3 is 24.3 Å². The van der Waals surface area contributed by atoms with Crippen molar-refractivity contribution in [2.24, 2.45) is 11.7 Å². The minimum atomic E-state index is -5.34. The highest BCUT2D eigenvalue weighted by Crippen LogP contribution is 2.23. The second-order valence-electron chi connectivity index (χ2n) is 6.07. The Morgan fingerprint density at radius 3 is 2.50 bits per heavy atom. The number of nitrogens with zero attached hydrogens (tertiary/aromatic N) is 1. The van der Waals surface area contributed by atoms with E-state index in [0.29, 0.717) is 32.5 Å². The number of ether oxygens (including phenoxy) is 2. The van der Waals surface area contributed by atoms with Crippen molar-refractivity contribution >= 4 is 23.5 Å². The molecule has 7 nitrogen and oxygen atoms in total. The van der Waals surface area contributed by atoms with Crippen molar-refractivity contribution in [2.75, 3.05) is 19.6 Å². The number of amides is 1. The summed E-state index contributed by atoms with van der Waals surface area (Å²) in [7, 11) is 0. The minimum absolute atomic E-state index is 0.261. The summed E-state index contributed by atoms with van der Waals surface area (Å²) >= 11 is 5.52. The first-order valence-corrected chi connectivity index (χ1v) is 8.63. The van der Waals surface area contributed by atoms with Crippen LogP contribution in [0.5, 0.6) is 5.75 Å². The predicted octanol–water partition coefficient (Wildman–Crippen LogP) is 1.99. The molecule has 1 unspecified atom stereocenters. The van der Waals surface area contributed by atoms with E-state index < -0.39 is 30.2 Å². The van der Waals surface area contributed by atoms with Crippen LogP contribution in [-0.4, -0.2) is 49.0 Å². The van der Waals surface area contributed by atoms with E-state index in [2.05, 4.69) is 10.2 Å². The zero-order valence-electron chi connectivity index (χ0n) is 14.5. The fraction of sp³-hybridized carbons (Fsp3) is 0.500. The molecular formula is C16H18ClF4N3O4. The average molecular weight is 428 g/mol. The van der Waals surface area contributed by atoms with Gasteiger partial charge in [-0.25, -0.2) is 14.2 Å². The molecule has 1 fully saturated rings. The Morgan fingerprint density at radius 1 is 1.32 bits per heavy atom. The molecule has 3 N–H and O–H groups in total. The summed E-state index contributed by atoms with van der Waals surface area (Å²) in [5.74, 6) is -4.77. The Balaban J connectivity index is 2.09. The first-order valence-electron chi connectivity index (χ1n) is 8.25. The summed E-state index contributed by atoms with van der Waals surface area (Å²) in [6.07, 6.45) is -6.28. The summed E-state index contributed by atoms with van der Waals surface area (Å²) in [5.41, 5.74) is 7.90. The van der Waals surface area contributed by atoms with Gasteiger partial charge in [0, 0.05) is 19.2 Å². The quantitative estimate of drug-likeness (QED) is 0.410. The number of hydrogen-bond donors (Lipinski definition) is 2. The van der Waals surface area contributed by atoms with Crippen molar-refractivity contribution in [1.29, 1.82) is 0 Å². The third-order valence-corrected chi connectivity index (χ3v) is 4.32. The van der Waals surface area contributed by atoms with Crippen LogP contribution in [0.2, 0.25) is 5.02 Å². The lowest BCUT2D eigenvalue weighted by atomic mass is 9.98.